The number of ether oxygens (including phenoxy) is 1. The third-order valence-electron chi connectivity index (χ3n) is 1.84. The maximum absolute atomic E-state index is 5.58. The smallest absolute Gasteiger partial charge is 0.250 e. The molecule has 2 N–H and O–H groups in total. The van der Waals surface area contributed by atoms with Crippen molar-refractivity contribution in [3.8, 4) is 5.75 Å². The zero-order valence-electron chi connectivity index (χ0n) is 8.73. The average molecular weight is 207 g/mol. The summed E-state index contributed by atoms with van der Waals surface area (Å²) in [5, 5.41) is 0. The molecule has 80 valence electrons. The molecule has 5 heteroatoms. The van der Waals surface area contributed by atoms with Gasteiger partial charge in [0, 0.05) is 12.3 Å². The first-order valence-electron chi connectivity index (χ1n) is 4.82. The molecule has 0 bridgehead atoms. The number of aromatic nitrogens is 2. The average Bonchev–Trinajstić information content (AvgIpc) is 2.61. The molecule has 0 atom stereocenters. The highest BCUT2D eigenvalue weighted by atomic mass is 16.5. The van der Waals surface area contributed by atoms with Crippen LogP contribution in [0.3, 0.4) is 0 Å². The second-order valence-corrected chi connectivity index (χ2v) is 3.44. The van der Waals surface area contributed by atoms with Crippen LogP contribution in [0.15, 0.2) is 16.7 Å². The van der Waals surface area contributed by atoms with Crippen LogP contribution in [0.1, 0.15) is 19.7 Å². The maximum atomic E-state index is 5.58. The van der Waals surface area contributed by atoms with Crippen molar-refractivity contribution in [2.24, 2.45) is 5.73 Å². The summed E-state index contributed by atoms with van der Waals surface area (Å²) >= 11 is 0. The van der Waals surface area contributed by atoms with Crippen molar-refractivity contribution >= 4 is 11.2 Å². The molecule has 0 saturated carbocycles. The summed E-state index contributed by atoms with van der Waals surface area (Å²) in [6, 6.07) is 1.77. The van der Waals surface area contributed by atoms with Gasteiger partial charge in [0.25, 0.3) is 5.71 Å². The number of hydrogen-bond donors (Lipinski definition) is 1. The van der Waals surface area contributed by atoms with Gasteiger partial charge in [0.15, 0.2) is 11.3 Å². The van der Waals surface area contributed by atoms with Gasteiger partial charge in [-0.25, -0.2) is 9.97 Å². The molecule has 0 aliphatic rings. The SMILES string of the molecule is CC(C)Oc1ccnc2oc(CN)nc12. The quantitative estimate of drug-likeness (QED) is 0.824. The number of oxazole rings is 1. The van der Waals surface area contributed by atoms with E-state index in [2.05, 4.69) is 9.97 Å². The normalized spacial score (nSPS) is 11.2. The van der Waals surface area contributed by atoms with Gasteiger partial charge in [-0.3, -0.25) is 0 Å². The van der Waals surface area contributed by atoms with Crippen molar-refractivity contribution in [2.75, 3.05) is 0 Å². The minimum Gasteiger partial charge on any atom is -0.488 e. The molecule has 2 heterocycles. The molecule has 15 heavy (non-hydrogen) atoms. The Morgan fingerprint density at radius 3 is 3.00 bits per heavy atom. The first-order valence-corrected chi connectivity index (χ1v) is 4.82. The Balaban J connectivity index is 2.49. The Morgan fingerprint density at radius 2 is 2.33 bits per heavy atom. The topological polar surface area (TPSA) is 74.2 Å². The lowest BCUT2D eigenvalue weighted by Gasteiger charge is -2.08. The summed E-state index contributed by atoms with van der Waals surface area (Å²) in [5.41, 5.74) is 6.54. The third-order valence-corrected chi connectivity index (χ3v) is 1.84. The zero-order valence-corrected chi connectivity index (χ0v) is 8.73. The van der Waals surface area contributed by atoms with E-state index < -0.39 is 0 Å². The Bertz CT molecular complexity index is 465. The Labute approximate surface area is 87.3 Å². The molecule has 5 nitrogen and oxygen atoms in total. The molecule has 0 spiro atoms. The Hall–Kier alpha value is -1.62. The minimum atomic E-state index is 0.0913. The van der Waals surface area contributed by atoms with E-state index in [1.807, 2.05) is 13.8 Å². The molecular formula is C10H13N3O2. The van der Waals surface area contributed by atoms with Gasteiger partial charge < -0.3 is 14.9 Å². The van der Waals surface area contributed by atoms with Crippen LogP contribution < -0.4 is 10.5 Å². The minimum absolute atomic E-state index is 0.0913. The van der Waals surface area contributed by atoms with Crippen molar-refractivity contribution in [3.63, 3.8) is 0 Å². The van der Waals surface area contributed by atoms with Crippen molar-refractivity contribution in [3.05, 3.63) is 18.2 Å². The van der Waals surface area contributed by atoms with Crippen LogP contribution in [-0.2, 0) is 6.54 Å². The highest BCUT2D eigenvalue weighted by Crippen LogP contribution is 2.24. The molecule has 2 aromatic heterocycles. The fraction of sp³-hybridized carbons (Fsp3) is 0.400. The number of pyridine rings is 1. The monoisotopic (exact) mass is 207 g/mol. The van der Waals surface area contributed by atoms with Crippen LogP contribution >= 0.6 is 0 Å². The van der Waals surface area contributed by atoms with Gasteiger partial charge in [0.05, 0.1) is 12.6 Å². The number of nitrogens with two attached hydrogens (primary N) is 1. The number of nitrogens with zero attached hydrogens (tertiary/aromatic N) is 2. The lowest BCUT2D eigenvalue weighted by molar-refractivity contribution is 0.245. The highest BCUT2D eigenvalue weighted by Gasteiger charge is 2.11. The lowest BCUT2D eigenvalue weighted by atomic mass is 10.4. The van der Waals surface area contributed by atoms with Gasteiger partial charge in [-0.15, -0.1) is 0 Å². The van der Waals surface area contributed by atoms with Crippen LogP contribution in [0.25, 0.3) is 11.2 Å². The number of rotatable bonds is 3. The predicted molar refractivity (Wildman–Crippen MR) is 55.5 cm³/mol. The lowest BCUT2D eigenvalue weighted by Crippen LogP contribution is -2.06. The van der Waals surface area contributed by atoms with Crippen LogP contribution in [0.5, 0.6) is 5.75 Å². The van der Waals surface area contributed by atoms with Crippen LogP contribution in [0.2, 0.25) is 0 Å². The predicted octanol–water partition coefficient (Wildman–Crippen LogP) is 1.47. The molecule has 0 unspecified atom stereocenters. The van der Waals surface area contributed by atoms with Gasteiger partial charge >= 0.3 is 0 Å². The maximum Gasteiger partial charge on any atom is 0.250 e. The molecule has 0 radical (unpaired) electrons. The highest BCUT2D eigenvalue weighted by molar-refractivity contribution is 5.75. The second-order valence-electron chi connectivity index (χ2n) is 3.44. The Morgan fingerprint density at radius 1 is 1.53 bits per heavy atom. The first kappa shape index (κ1) is 9.92. The molecule has 2 rings (SSSR count). The summed E-state index contributed by atoms with van der Waals surface area (Å²) < 4.78 is 10.9. The number of hydrogen-bond acceptors (Lipinski definition) is 5. The van der Waals surface area contributed by atoms with Crippen molar-refractivity contribution in [2.45, 2.75) is 26.5 Å². The third kappa shape index (κ3) is 1.92. The van der Waals surface area contributed by atoms with E-state index in [0.717, 1.165) is 0 Å². The summed E-state index contributed by atoms with van der Waals surface area (Å²) in [6.07, 6.45) is 1.72. The van der Waals surface area contributed by atoms with Crippen molar-refractivity contribution in [1.29, 1.82) is 0 Å². The van der Waals surface area contributed by atoms with E-state index in [1.54, 1.807) is 12.3 Å². The summed E-state index contributed by atoms with van der Waals surface area (Å²) in [6.45, 7) is 4.17. The van der Waals surface area contributed by atoms with E-state index in [4.69, 9.17) is 14.9 Å². The van der Waals surface area contributed by atoms with Crippen LogP contribution in [0, 0.1) is 0 Å². The molecule has 0 amide bonds. The van der Waals surface area contributed by atoms with Crippen LogP contribution in [-0.4, -0.2) is 16.1 Å². The van der Waals surface area contributed by atoms with E-state index in [0.29, 0.717) is 22.9 Å². The molecular weight excluding hydrogens is 194 g/mol. The molecule has 0 aliphatic carbocycles. The summed E-state index contributed by atoms with van der Waals surface area (Å²) in [4.78, 5) is 8.26. The van der Waals surface area contributed by atoms with Crippen LogP contribution in [0.4, 0.5) is 0 Å². The van der Waals surface area contributed by atoms with E-state index >= 15 is 0 Å². The van der Waals surface area contributed by atoms with Gasteiger partial charge in [-0.2, -0.15) is 0 Å². The molecule has 0 aliphatic heterocycles. The van der Waals surface area contributed by atoms with Gasteiger partial charge in [-0.05, 0) is 13.8 Å². The Kier molecular flexibility index (Phi) is 2.55. The van der Waals surface area contributed by atoms with Gasteiger partial charge in [0.1, 0.15) is 0 Å². The molecule has 0 aromatic carbocycles. The second kappa shape index (κ2) is 3.86. The fourth-order valence-electron chi connectivity index (χ4n) is 1.29. The van der Waals surface area contributed by atoms with Crippen molar-refractivity contribution < 1.29 is 9.15 Å². The molecule has 0 saturated heterocycles. The zero-order chi connectivity index (χ0) is 10.8. The molecule has 0 fully saturated rings. The van der Waals surface area contributed by atoms with E-state index in [1.165, 1.54) is 0 Å². The first-order chi connectivity index (χ1) is 7.20. The fourth-order valence-corrected chi connectivity index (χ4v) is 1.29. The number of fused-ring (bicyclic) bond motifs is 1. The largest absolute Gasteiger partial charge is 0.488 e. The van der Waals surface area contributed by atoms with E-state index in [9.17, 15) is 0 Å². The summed E-state index contributed by atoms with van der Waals surface area (Å²) in [7, 11) is 0. The van der Waals surface area contributed by atoms with Gasteiger partial charge in [-0.1, -0.05) is 0 Å². The standard InChI is InChI=1S/C10H13N3O2/c1-6(2)14-7-3-4-12-10-9(7)13-8(5-11)15-10/h3-4,6H,5,11H2,1-2H3. The molecule has 2 aromatic rings. The van der Waals surface area contributed by atoms with Crippen molar-refractivity contribution in [1.82, 2.24) is 9.97 Å². The van der Waals surface area contributed by atoms with Gasteiger partial charge in [0.2, 0.25) is 5.89 Å². The summed E-state index contributed by atoms with van der Waals surface area (Å²) in [5.74, 6) is 1.15. The van der Waals surface area contributed by atoms with E-state index in [-0.39, 0.29) is 12.6 Å².